The number of aromatic nitrogens is 1. The molecular weight excluding hydrogens is 362 g/mol. The Labute approximate surface area is 160 Å². The molecule has 1 amide bonds. The van der Waals surface area contributed by atoms with Crippen LogP contribution in [0.3, 0.4) is 0 Å². The lowest BCUT2D eigenvalue weighted by atomic mass is 10.1. The molecule has 0 radical (unpaired) electrons. The highest BCUT2D eigenvalue weighted by Crippen LogP contribution is 2.20. The van der Waals surface area contributed by atoms with Gasteiger partial charge in [0.05, 0.1) is 11.5 Å². The lowest BCUT2D eigenvalue weighted by Crippen LogP contribution is -2.41. The largest absolute Gasteiger partial charge is 0.381 e. The third-order valence-electron chi connectivity index (χ3n) is 4.81. The zero-order chi connectivity index (χ0) is 19.4. The number of carbonyl (C=O) groups excluding carboxylic acids is 1. The zero-order valence-corrected chi connectivity index (χ0v) is 16.5. The number of pyridine rings is 1. The number of anilines is 1. The molecule has 0 aliphatic carbocycles. The average molecular weight is 388 g/mol. The molecule has 144 valence electrons. The first-order valence-electron chi connectivity index (χ1n) is 9.15. The topological polar surface area (TPSA) is 79.4 Å². The number of nitrogens with one attached hydrogen (secondary N) is 1. The molecule has 1 saturated heterocycles. The van der Waals surface area contributed by atoms with Gasteiger partial charge in [-0.3, -0.25) is 9.78 Å². The summed E-state index contributed by atoms with van der Waals surface area (Å²) < 4.78 is 23.5. The predicted octanol–water partition coefficient (Wildman–Crippen LogP) is 2.65. The van der Waals surface area contributed by atoms with Crippen molar-refractivity contribution in [2.75, 3.05) is 23.4 Å². The number of carbonyl (C=O) groups is 1. The first-order chi connectivity index (χ1) is 12.9. The van der Waals surface area contributed by atoms with Crippen LogP contribution < -0.4 is 5.32 Å². The minimum absolute atomic E-state index is 0.0396. The predicted molar refractivity (Wildman–Crippen MR) is 107 cm³/mol. The van der Waals surface area contributed by atoms with E-state index in [1.807, 2.05) is 25.1 Å². The van der Waals surface area contributed by atoms with Gasteiger partial charge in [-0.1, -0.05) is 29.8 Å². The van der Waals surface area contributed by atoms with Gasteiger partial charge in [-0.25, -0.2) is 8.42 Å². The number of benzene rings is 1. The highest BCUT2D eigenvalue weighted by molar-refractivity contribution is 7.91. The van der Waals surface area contributed by atoms with Gasteiger partial charge in [0.2, 0.25) is 0 Å². The van der Waals surface area contributed by atoms with Gasteiger partial charge in [-0.15, -0.1) is 0 Å². The fourth-order valence-electron chi connectivity index (χ4n) is 3.42. The van der Waals surface area contributed by atoms with Crippen LogP contribution in [0.25, 0.3) is 0 Å². The summed E-state index contributed by atoms with van der Waals surface area (Å²) in [6.07, 6.45) is 2.10. The van der Waals surface area contributed by atoms with Crippen LogP contribution in [0, 0.1) is 6.92 Å². The Bertz CT molecular complexity index is 928. The smallest absolute Gasteiger partial charge is 0.272 e. The quantitative estimate of drug-likeness (QED) is 0.824. The monoisotopic (exact) mass is 387 g/mol. The second kappa shape index (κ2) is 8.08. The van der Waals surface area contributed by atoms with E-state index in [1.54, 1.807) is 17.2 Å². The molecule has 1 unspecified atom stereocenters. The molecular formula is C20H25N3O3S. The Morgan fingerprint density at radius 1 is 1.30 bits per heavy atom. The van der Waals surface area contributed by atoms with Crippen molar-refractivity contribution in [3.8, 4) is 0 Å². The van der Waals surface area contributed by atoms with E-state index in [2.05, 4.69) is 29.4 Å². The van der Waals surface area contributed by atoms with E-state index in [1.165, 1.54) is 5.56 Å². The van der Waals surface area contributed by atoms with Gasteiger partial charge in [0.25, 0.3) is 5.91 Å². The van der Waals surface area contributed by atoms with Crippen molar-refractivity contribution >= 4 is 21.4 Å². The van der Waals surface area contributed by atoms with E-state index in [0.717, 1.165) is 11.3 Å². The van der Waals surface area contributed by atoms with Crippen molar-refractivity contribution in [3.63, 3.8) is 0 Å². The molecule has 2 heterocycles. The summed E-state index contributed by atoms with van der Waals surface area (Å²) in [6, 6.07) is 11.5. The summed E-state index contributed by atoms with van der Waals surface area (Å²) in [5.41, 5.74) is 3.50. The molecule has 27 heavy (non-hydrogen) atoms. The van der Waals surface area contributed by atoms with Gasteiger partial charge in [0, 0.05) is 31.0 Å². The summed E-state index contributed by atoms with van der Waals surface area (Å²) in [4.78, 5) is 18.7. The molecule has 6 nitrogen and oxygen atoms in total. The van der Waals surface area contributed by atoms with Gasteiger partial charge in [0.1, 0.15) is 5.69 Å². The highest BCUT2D eigenvalue weighted by Gasteiger charge is 2.34. The molecule has 1 N–H and O–H groups in total. The lowest BCUT2D eigenvalue weighted by molar-refractivity contribution is 0.0702. The fraction of sp³-hybridized carbons (Fsp3) is 0.400. The maximum atomic E-state index is 12.9. The van der Waals surface area contributed by atoms with Crippen molar-refractivity contribution in [3.05, 3.63) is 59.4 Å². The van der Waals surface area contributed by atoms with Crippen molar-refractivity contribution in [1.29, 1.82) is 0 Å². The van der Waals surface area contributed by atoms with E-state index in [9.17, 15) is 13.2 Å². The van der Waals surface area contributed by atoms with Crippen molar-refractivity contribution in [1.82, 2.24) is 9.88 Å². The number of rotatable bonds is 6. The second-order valence-corrected chi connectivity index (χ2v) is 9.15. The fourth-order valence-corrected chi connectivity index (χ4v) is 5.15. The third-order valence-corrected chi connectivity index (χ3v) is 6.56. The number of amides is 1. The molecule has 0 saturated carbocycles. The minimum atomic E-state index is -3.04. The molecule has 1 aromatic heterocycles. The molecule has 1 aliphatic heterocycles. The Hall–Kier alpha value is -2.41. The Morgan fingerprint density at radius 2 is 2.11 bits per heavy atom. The second-order valence-electron chi connectivity index (χ2n) is 6.92. The first kappa shape index (κ1) is 19.4. The summed E-state index contributed by atoms with van der Waals surface area (Å²) in [7, 11) is -3.04. The number of aryl methyl sites for hydroxylation is 1. The summed E-state index contributed by atoms with van der Waals surface area (Å²) in [5, 5.41) is 3.32. The summed E-state index contributed by atoms with van der Waals surface area (Å²) >= 11 is 0. The number of nitrogens with zero attached hydrogens (tertiary/aromatic N) is 2. The van der Waals surface area contributed by atoms with Gasteiger partial charge in [-0.05, 0) is 38.0 Å². The molecule has 3 rings (SSSR count). The van der Waals surface area contributed by atoms with Crippen molar-refractivity contribution < 1.29 is 13.2 Å². The normalized spacial score (nSPS) is 18.2. The molecule has 1 atom stereocenters. The van der Waals surface area contributed by atoms with Gasteiger partial charge in [0.15, 0.2) is 9.84 Å². The van der Waals surface area contributed by atoms with Crippen LogP contribution in [-0.2, 0) is 16.4 Å². The van der Waals surface area contributed by atoms with E-state index >= 15 is 0 Å². The summed E-state index contributed by atoms with van der Waals surface area (Å²) in [6.45, 7) is 5.03. The van der Waals surface area contributed by atoms with Crippen LogP contribution in [0.1, 0.15) is 35.0 Å². The summed E-state index contributed by atoms with van der Waals surface area (Å²) in [5.74, 6) is -0.0380. The minimum Gasteiger partial charge on any atom is -0.381 e. The number of sulfone groups is 1. The molecule has 7 heteroatoms. The van der Waals surface area contributed by atoms with E-state index < -0.39 is 9.84 Å². The van der Waals surface area contributed by atoms with Crippen LogP contribution >= 0.6 is 0 Å². The standard InChI is InChI=1S/C20H25N3O3S/c1-3-23(18-8-10-27(25,26)14-18)20(24)19-12-17(7-9-21-19)22-13-16-6-4-5-15(2)11-16/h4-7,9,11-12,18H,3,8,10,13-14H2,1-2H3,(H,21,22). The zero-order valence-electron chi connectivity index (χ0n) is 15.7. The molecule has 1 aliphatic rings. The maximum Gasteiger partial charge on any atom is 0.272 e. The molecule has 1 aromatic carbocycles. The van der Waals surface area contributed by atoms with Crippen molar-refractivity contribution in [2.45, 2.75) is 32.9 Å². The van der Waals surface area contributed by atoms with Crippen molar-refractivity contribution in [2.24, 2.45) is 0 Å². The SMILES string of the molecule is CCN(C(=O)c1cc(NCc2cccc(C)c2)ccn1)C1CCS(=O)(=O)C1. The average Bonchev–Trinajstić information content (AvgIpc) is 3.00. The van der Waals surface area contributed by atoms with Gasteiger partial charge in [-0.2, -0.15) is 0 Å². The number of hydrogen-bond acceptors (Lipinski definition) is 5. The third kappa shape index (κ3) is 4.86. The van der Waals surface area contributed by atoms with E-state index in [-0.39, 0.29) is 23.5 Å². The van der Waals surface area contributed by atoms with E-state index in [4.69, 9.17) is 0 Å². The maximum absolute atomic E-state index is 12.9. The van der Waals surface area contributed by atoms with Gasteiger partial charge < -0.3 is 10.2 Å². The van der Waals surface area contributed by atoms with Gasteiger partial charge >= 0.3 is 0 Å². The van der Waals surface area contributed by atoms with Crippen LogP contribution in [0.15, 0.2) is 42.6 Å². The molecule has 0 spiro atoms. The Kier molecular flexibility index (Phi) is 5.79. The van der Waals surface area contributed by atoms with Crippen LogP contribution in [0.2, 0.25) is 0 Å². The lowest BCUT2D eigenvalue weighted by Gasteiger charge is -2.26. The number of hydrogen-bond donors (Lipinski definition) is 1. The van der Waals surface area contributed by atoms with Crippen LogP contribution in [-0.4, -0.2) is 48.3 Å². The molecule has 0 bridgehead atoms. The Balaban J connectivity index is 1.71. The van der Waals surface area contributed by atoms with Crippen LogP contribution in [0.4, 0.5) is 5.69 Å². The molecule has 1 fully saturated rings. The van der Waals surface area contributed by atoms with E-state index in [0.29, 0.717) is 25.2 Å². The molecule has 2 aromatic rings. The van der Waals surface area contributed by atoms with Crippen LogP contribution in [0.5, 0.6) is 0 Å². The Morgan fingerprint density at radius 3 is 2.78 bits per heavy atom. The highest BCUT2D eigenvalue weighted by atomic mass is 32.2. The first-order valence-corrected chi connectivity index (χ1v) is 11.0.